The molecule has 0 spiro atoms. The van der Waals surface area contributed by atoms with Crippen molar-refractivity contribution < 1.29 is 14.3 Å². The molecule has 2 aromatic rings. The summed E-state index contributed by atoms with van der Waals surface area (Å²) in [6, 6.07) is 14.2. The third-order valence-corrected chi connectivity index (χ3v) is 4.70. The zero-order chi connectivity index (χ0) is 20.5. The first-order valence-corrected chi connectivity index (χ1v) is 9.80. The molecule has 0 aliphatic carbocycles. The summed E-state index contributed by atoms with van der Waals surface area (Å²) >= 11 is 6.05. The quantitative estimate of drug-likeness (QED) is 0.693. The Bertz CT molecular complexity index is 810. The van der Waals surface area contributed by atoms with E-state index in [-0.39, 0.29) is 18.2 Å². The maximum Gasteiger partial charge on any atom is 0.242 e. The zero-order valence-corrected chi connectivity index (χ0v) is 17.3. The van der Waals surface area contributed by atoms with Crippen molar-refractivity contribution in [2.45, 2.75) is 39.3 Å². The van der Waals surface area contributed by atoms with Gasteiger partial charge in [0.15, 0.2) is 0 Å². The molecule has 0 fully saturated rings. The molecule has 1 N–H and O–H groups in total. The average molecular weight is 403 g/mol. The molecule has 2 aromatic carbocycles. The fourth-order valence-corrected chi connectivity index (χ4v) is 3.32. The number of hydrogen-bond acceptors (Lipinski definition) is 3. The third kappa shape index (κ3) is 5.99. The number of halogens is 1. The van der Waals surface area contributed by atoms with Crippen molar-refractivity contribution in [2.75, 3.05) is 13.7 Å². The zero-order valence-electron chi connectivity index (χ0n) is 16.6. The summed E-state index contributed by atoms with van der Waals surface area (Å²) in [4.78, 5) is 27.4. The first-order chi connectivity index (χ1) is 13.5. The Morgan fingerprint density at radius 2 is 1.82 bits per heavy atom. The van der Waals surface area contributed by atoms with Crippen molar-refractivity contribution in [1.29, 1.82) is 0 Å². The molecule has 2 rings (SSSR count). The Kier molecular flexibility index (Phi) is 8.33. The van der Waals surface area contributed by atoms with Crippen LogP contribution in [0.15, 0.2) is 48.5 Å². The minimum Gasteiger partial charge on any atom is -0.497 e. The lowest BCUT2D eigenvalue weighted by Gasteiger charge is -2.30. The Morgan fingerprint density at radius 3 is 2.46 bits per heavy atom. The van der Waals surface area contributed by atoms with Gasteiger partial charge in [0.1, 0.15) is 11.8 Å². The van der Waals surface area contributed by atoms with E-state index in [9.17, 15) is 9.59 Å². The van der Waals surface area contributed by atoms with Gasteiger partial charge in [-0.1, -0.05) is 42.8 Å². The number of likely N-dealkylation sites (N-methyl/N-ethyl adjacent to an activating group) is 1. The van der Waals surface area contributed by atoms with Crippen molar-refractivity contribution in [2.24, 2.45) is 0 Å². The average Bonchev–Trinajstić information content (AvgIpc) is 2.68. The number of methoxy groups -OCH3 is 1. The lowest BCUT2D eigenvalue weighted by Crippen LogP contribution is -2.49. The second kappa shape index (κ2) is 10.7. The Balaban J connectivity index is 2.30. The van der Waals surface area contributed by atoms with E-state index in [1.807, 2.05) is 50.2 Å². The molecular weight excluding hydrogens is 376 g/mol. The van der Waals surface area contributed by atoms with E-state index in [1.165, 1.54) is 0 Å². The number of carbonyl (C=O) groups excluding carboxylic acids is 2. The number of carbonyl (C=O) groups is 2. The third-order valence-electron chi connectivity index (χ3n) is 4.47. The molecule has 1 atom stereocenters. The highest BCUT2D eigenvalue weighted by Crippen LogP contribution is 2.19. The van der Waals surface area contributed by atoms with Crippen molar-refractivity contribution in [3.05, 3.63) is 64.7 Å². The van der Waals surface area contributed by atoms with E-state index in [2.05, 4.69) is 5.32 Å². The van der Waals surface area contributed by atoms with Gasteiger partial charge in [0, 0.05) is 18.1 Å². The van der Waals surface area contributed by atoms with Crippen LogP contribution in [-0.4, -0.2) is 36.4 Å². The summed E-state index contributed by atoms with van der Waals surface area (Å²) in [5.74, 6) is 0.446. The number of benzene rings is 2. The lowest BCUT2D eigenvalue weighted by molar-refractivity contribution is -0.140. The molecule has 6 heteroatoms. The molecule has 28 heavy (non-hydrogen) atoms. The highest BCUT2D eigenvalue weighted by atomic mass is 35.5. The lowest BCUT2D eigenvalue weighted by atomic mass is 10.1. The largest absolute Gasteiger partial charge is 0.497 e. The van der Waals surface area contributed by atoms with E-state index >= 15 is 0 Å². The van der Waals surface area contributed by atoms with Crippen LogP contribution in [0.25, 0.3) is 0 Å². The topological polar surface area (TPSA) is 58.6 Å². The molecule has 2 amide bonds. The summed E-state index contributed by atoms with van der Waals surface area (Å²) in [6.07, 6.45) is 0.706. The van der Waals surface area contributed by atoms with Crippen LogP contribution in [0.2, 0.25) is 5.02 Å². The molecule has 0 aliphatic rings. The molecular formula is C22H27ClN2O3. The molecule has 0 radical (unpaired) electrons. The highest BCUT2D eigenvalue weighted by Gasteiger charge is 2.28. The number of amides is 2. The van der Waals surface area contributed by atoms with Crippen molar-refractivity contribution in [3.8, 4) is 5.75 Å². The molecule has 0 aromatic heterocycles. The van der Waals surface area contributed by atoms with Gasteiger partial charge in [-0.25, -0.2) is 0 Å². The molecule has 0 heterocycles. The fraction of sp³-hybridized carbons (Fsp3) is 0.364. The predicted octanol–water partition coefficient (Wildman–Crippen LogP) is 3.83. The summed E-state index contributed by atoms with van der Waals surface area (Å²) in [7, 11) is 1.60. The van der Waals surface area contributed by atoms with Gasteiger partial charge in [0.05, 0.1) is 13.5 Å². The fourth-order valence-electron chi connectivity index (χ4n) is 3.10. The van der Waals surface area contributed by atoms with Crippen LogP contribution in [-0.2, 0) is 22.6 Å². The highest BCUT2D eigenvalue weighted by molar-refractivity contribution is 6.30. The number of ether oxygens (including phenoxy) is 1. The van der Waals surface area contributed by atoms with Gasteiger partial charge in [-0.05, 0) is 48.7 Å². The molecule has 0 bridgehead atoms. The van der Waals surface area contributed by atoms with Crippen molar-refractivity contribution in [3.63, 3.8) is 0 Å². The standard InChI is InChI=1S/C22H27ClN2O3/c1-4-20(22(27)24-5-2)25(15-17-9-7-11-19(13-17)28-3)21(26)14-16-8-6-10-18(23)12-16/h6-13,20H,4-5,14-15H2,1-3H3,(H,24,27)/t20-/m0/s1. The maximum atomic E-state index is 13.2. The van der Waals surface area contributed by atoms with Crippen LogP contribution in [0.3, 0.4) is 0 Å². The summed E-state index contributed by atoms with van der Waals surface area (Å²) in [6.45, 7) is 4.62. The Morgan fingerprint density at radius 1 is 1.11 bits per heavy atom. The summed E-state index contributed by atoms with van der Waals surface area (Å²) < 4.78 is 5.28. The van der Waals surface area contributed by atoms with Crippen LogP contribution >= 0.6 is 11.6 Å². The summed E-state index contributed by atoms with van der Waals surface area (Å²) in [5.41, 5.74) is 1.72. The summed E-state index contributed by atoms with van der Waals surface area (Å²) in [5, 5.41) is 3.42. The monoisotopic (exact) mass is 402 g/mol. The van der Waals surface area contributed by atoms with Gasteiger partial charge in [-0.3, -0.25) is 9.59 Å². The van der Waals surface area contributed by atoms with Gasteiger partial charge in [0.25, 0.3) is 0 Å². The van der Waals surface area contributed by atoms with E-state index < -0.39 is 6.04 Å². The molecule has 0 aliphatic heterocycles. The first-order valence-electron chi connectivity index (χ1n) is 9.43. The van der Waals surface area contributed by atoms with Gasteiger partial charge in [-0.2, -0.15) is 0 Å². The minimum atomic E-state index is -0.544. The van der Waals surface area contributed by atoms with Crippen molar-refractivity contribution >= 4 is 23.4 Å². The second-order valence-corrected chi connectivity index (χ2v) is 6.93. The molecule has 0 unspecified atom stereocenters. The Hall–Kier alpha value is -2.53. The van der Waals surface area contributed by atoms with E-state index in [1.54, 1.807) is 24.1 Å². The molecule has 0 saturated heterocycles. The molecule has 5 nitrogen and oxygen atoms in total. The second-order valence-electron chi connectivity index (χ2n) is 6.50. The van der Waals surface area contributed by atoms with E-state index in [4.69, 9.17) is 16.3 Å². The molecule has 0 saturated carbocycles. The van der Waals surface area contributed by atoms with E-state index in [0.717, 1.165) is 11.1 Å². The van der Waals surface area contributed by atoms with Crippen LogP contribution in [0.5, 0.6) is 5.75 Å². The van der Waals surface area contributed by atoms with Crippen molar-refractivity contribution in [1.82, 2.24) is 10.2 Å². The number of nitrogens with zero attached hydrogens (tertiary/aromatic N) is 1. The van der Waals surface area contributed by atoms with Crippen LogP contribution in [0.1, 0.15) is 31.4 Å². The smallest absolute Gasteiger partial charge is 0.242 e. The van der Waals surface area contributed by atoms with Crippen LogP contribution < -0.4 is 10.1 Å². The number of nitrogens with one attached hydrogen (secondary N) is 1. The van der Waals surface area contributed by atoms with E-state index in [0.29, 0.717) is 30.3 Å². The molecule has 150 valence electrons. The SMILES string of the molecule is CCNC(=O)[C@H](CC)N(Cc1cccc(OC)c1)C(=O)Cc1cccc(Cl)c1. The van der Waals surface area contributed by atoms with Gasteiger partial charge in [0.2, 0.25) is 11.8 Å². The first kappa shape index (κ1) is 21.8. The minimum absolute atomic E-state index is 0.122. The van der Waals surface area contributed by atoms with Gasteiger partial charge < -0.3 is 15.0 Å². The van der Waals surface area contributed by atoms with Gasteiger partial charge in [-0.15, -0.1) is 0 Å². The Labute approximate surface area is 171 Å². The van der Waals surface area contributed by atoms with Crippen LogP contribution in [0, 0.1) is 0 Å². The van der Waals surface area contributed by atoms with Crippen LogP contribution in [0.4, 0.5) is 0 Å². The predicted molar refractivity (Wildman–Crippen MR) is 111 cm³/mol. The number of rotatable bonds is 9. The van der Waals surface area contributed by atoms with Gasteiger partial charge >= 0.3 is 0 Å². The maximum absolute atomic E-state index is 13.2. The normalized spacial score (nSPS) is 11.6. The number of hydrogen-bond donors (Lipinski definition) is 1.